The monoisotopic (exact) mass is 287 g/mol. The molecule has 1 fully saturated rings. The molecule has 3 N–H and O–H groups in total. The van der Waals surface area contributed by atoms with Crippen molar-refractivity contribution in [2.75, 3.05) is 39.3 Å². The lowest BCUT2D eigenvalue weighted by atomic mass is 10.2. The lowest BCUT2D eigenvalue weighted by Gasteiger charge is -2.32. The molecule has 1 amide bonds. The van der Waals surface area contributed by atoms with Crippen molar-refractivity contribution in [1.82, 2.24) is 15.5 Å². The van der Waals surface area contributed by atoms with Gasteiger partial charge in [-0.05, 0) is 20.3 Å². The molecule has 0 saturated carbocycles. The van der Waals surface area contributed by atoms with Crippen LogP contribution in [-0.4, -0.2) is 73.4 Å². The minimum atomic E-state index is -0.893. The molecule has 20 heavy (non-hydrogen) atoms. The van der Waals surface area contributed by atoms with Gasteiger partial charge < -0.3 is 20.5 Å². The lowest BCUT2D eigenvalue weighted by molar-refractivity contribution is -0.144. The van der Waals surface area contributed by atoms with Gasteiger partial charge in [0.15, 0.2) is 0 Å². The predicted molar refractivity (Wildman–Crippen MR) is 74.6 cm³/mol. The predicted octanol–water partition coefficient (Wildman–Crippen LogP) is -0.724. The summed E-state index contributed by atoms with van der Waals surface area (Å²) >= 11 is 0. The first-order chi connectivity index (χ1) is 9.50. The maximum absolute atomic E-state index is 11.8. The molecule has 1 aliphatic rings. The van der Waals surface area contributed by atoms with E-state index in [1.807, 2.05) is 13.8 Å². The normalized spacial score (nSPS) is 20.1. The lowest BCUT2D eigenvalue weighted by Crippen LogP contribution is -2.57. The van der Waals surface area contributed by atoms with Crippen LogP contribution in [0.15, 0.2) is 0 Å². The minimum Gasteiger partial charge on any atom is -0.480 e. The standard InChI is InChI=1S/C13H25N3O4/c1-10(2)20-7-3-4-15-12(17)9-16-6-5-14-8-11(16)13(18)19/h10-11,14H,3-9H2,1-2H3,(H,15,17)(H,18,19). The molecule has 7 heteroatoms. The molecule has 1 unspecified atom stereocenters. The van der Waals surface area contributed by atoms with Crippen LogP contribution in [0, 0.1) is 0 Å². The molecule has 7 nitrogen and oxygen atoms in total. The molecular weight excluding hydrogens is 262 g/mol. The first-order valence-electron chi connectivity index (χ1n) is 7.06. The van der Waals surface area contributed by atoms with Crippen LogP contribution in [0.25, 0.3) is 0 Å². The van der Waals surface area contributed by atoms with Crippen LogP contribution in [0.3, 0.4) is 0 Å². The number of ether oxygens (including phenoxy) is 1. The largest absolute Gasteiger partial charge is 0.480 e. The first kappa shape index (κ1) is 16.9. The second-order valence-electron chi connectivity index (χ2n) is 5.15. The summed E-state index contributed by atoms with van der Waals surface area (Å²) < 4.78 is 5.37. The molecule has 0 aromatic carbocycles. The Balaban J connectivity index is 2.21. The van der Waals surface area contributed by atoms with Crippen LogP contribution in [0.4, 0.5) is 0 Å². The summed E-state index contributed by atoms with van der Waals surface area (Å²) in [5.74, 6) is -1.03. The number of nitrogens with zero attached hydrogens (tertiary/aromatic N) is 1. The topological polar surface area (TPSA) is 90.9 Å². The van der Waals surface area contributed by atoms with Gasteiger partial charge in [0, 0.05) is 32.8 Å². The highest BCUT2D eigenvalue weighted by Crippen LogP contribution is 2.02. The SMILES string of the molecule is CC(C)OCCCNC(=O)CN1CCNCC1C(=O)O. The van der Waals surface area contributed by atoms with Crippen molar-refractivity contribution in [2.45, 2.75) is 32.4 Å². The van der Waals surface area contributed by atoms with Crippen LogP contribution in [0.5, 0.6) is 0 Å². The minimum absolute atomic E-state index is 0.129. The number of hydrogen-bond donors (Lipinski definition) is 3. The average molecular weight is 287 g/mol. The van der Waals surface area contributed by atoms with Crippen molar-refractivity contribution in [1.29, 1.82) is 0 Å². The molecule has 0 aromatic rings. The van der Waals surface area contributed by atoms with Gasteiger partial charge in [0.2, 0.25) is 5.91 Å². The Bertz CT molecular complexity index is 323. The van der Waals surface area contributed by atoms with E-state index in [4.69, 9.17) is 9.84 Å². The van der Waals surface area contributed by atoms with Gasteiger partial charge in [-0.2, -0.15) is 0 Å². The van der Waals surface area contributed by atoms with E-state index >= 15 is 0 Å². The zero-order valence-corrected chi connectivity index (χ0v) is 12.2. The summed E-state index contributed by atoms with van der Waals surface area (Å²) in [7, 11) is 0. The molecule has 0 aliphatic carbocycles. The smallest absolute Gasteiger partial charge is 0.322 e. The maximum Gasteiger partial charge on any atom is 0.322 e. The van der Waals surface area contributed by atoms with Crippen molar-refractivity contribution < 1.29 is 19.4 Å². The molecule has 0 radical (unpaired) electrons. The van der Waals surface area contributed by atoms with Gasteiger partial charge in [-0.25, -0.2) is 0 Å². The van der Waals surface area contributed by atoms with E-state index in [-0.39, 0.29) is 18.6 Å². The van der Waals surface area contributed by atoms with Crippen molar-refractivity contribution >= 4 is 11.9 Å². The average Bonchev–Trinajstić information content (AvgIpc) is 2.38. The summed E-state index contributed by atoms with van der Waals surface area (Å²) in [5, 5.41) is 14.9. The van der Waals surface area contributed by atoms with Gasteiger partial charge >= 0.3 is 5.97 Å². The first-order valence-corrected chi connectivity index (χ1v) is 7.06. The van der Waals surface area contributed by atoms with Crippen molar-refractivity contribution in [3.05, 3.63) is 0 Å². The van der Waals surface area contributed by atoms with Crippen molar-refractivity contribution in [3.8, 4) is 0 Å². The molecule has 1 heterocycles. The zero-order valence-electron chi connectivity index (χ0n) is 12.2. The fourth-order valence-electron chi connectivity index (χ4n) is 2.04. The van der Waals surface area contributed by atoms with Crippen LogP contribution < -0.4 is 10.6 Å². The van der Waals surface area contributed by atoms with E-state index in [1.165, 1.54) is 0 Å². The Hall–Kier alpha value is -1.18. The zero-order chi connectivity index (χ0) is 15.0. The van der Waals surface area contributed by atoms with Gasteiger partial charge in [0.1, 0.15) is 6.04 Å². The Morgan fingerprint density at radius 1 is 1.50 bits per heavy atom. The number of amides is 1. The third kappa shape index (κ3) is 6.31. The van der Waals surface area contributed by atoms with Crippen LogP contribution >= 0.6 is 0 Å². The number of piperazine rings is 1. The Morgan fingerprint density at radius 3 is 2.90 bits per heavy atom. The molecule has 1 rings (SSSR count). The van der Waals surface area contributed by atoms with E-state index in [2.05, 4.69) is 10.6 Å². The third-order valence-corrected chi connectivity index (χ3v) is 3.08. The second kappa shape index (κ2) is 8.89. The summed E-state index contributed by atoms with van der Waals surface area (Å²) in [4.78, 5) is 24.5. The van der Waals surface area contributed by atoms with Crippen molar-refractivity contribution in [3.63, 3.8) is 0 Å². The van der Waals surface area contributed by atoms with E-state index in [9.17, 15) is 9.59 Å². The fourth-order valence-corrected chi connectivity index (χ4v) is 2.04. The van der Waals surface area contributed by atoms with Gasteiger partial charge in [0.25, 0.3) is 0 Å². The number of carboxylic acids is 1. The number of nitrogens with one attached hydrogen (secondary N) is 2. The highest BCUT2D eigenvalue weighted by molar-refractivity contribution is 5.80. The number of carbonyl (C=O) groups is 2. The molecular formula is C13H25N3O4. The molecule has 1 aliphatic heterocycles. The van der Waals surface area contributed by atoms with E-state index < -0.39 is 12.0 Å². The van der Waals surface area contributed by atoms with Crippen LogP contribution in [0.2, 0.25) is 0 Å². The molecule has 0 bridgehead atoms. The van der Waals surface area contributed by atoms with Gasteiger partial charge in [-0.15, -0.1) is 0 Å². The summed E-state index contributed by atoms with van der Waals surface area (Å²) in [6.45, 7) is 6.89. The van der Waals surface area contributed by atoms with Crippen LogP contribution in [0.1, 0.15) is 20.3 Å². The summed E-state index contributed by atoms with van der Waals surface area (Å²) in [5.41, 5.74) is 0. The molecule has 0 aromatic heterocycles. The number of aliphatic carboxylic acids is 1. The molecule has 1 saturated heterocycles. The van der Waals surface area contributed by atoms with E-state index in [0.717, 1.165) is 6.42 Å². The Kier molecular flexibility index (Phi) is 7.50. The molecule has 0 spiro atoms. The number of rotatable bonds is 8. The molecule has 116 valence electrons. The summed E-state index contributed by atoms with van der Waals surface area (Å²) in [6.07, 6.45) is 0.955. The maximum atomic E-state index is 11.8. The number of carbonyl (C=O) groups excluding carboxylic acids is 1. The third-order valence-electron chi connectivity index (χ3n) is 3.08. The second-order valence-corrected chi connectivity index (χ2v) is 5.15. The van der Waals surface area contributed by atoms with E-state index in [0.29, 0.717) is 32.8 Å². The van der Waals surface area contributed by atoms with Gasteiger partial charge in [-0.1, -0.05) is 0 Å². The van der Waals surface area contributed by atoms with Crippen molar-refractivity contribution in [2.24, 2.45) is 0 Å². The number of carboxylic acid groups (broad SMARTS) is 1. The highest BCUT2D eigenvalue weighted by atomic mass is 16.5. The summed E-state index contributed by atoms with van der Waals surface area (Å²) in [6, 6.07) is -0.626. The van der Waals surface area contributed by atoms with E-state index in [1.54, 1.807) is 4.90 Å². The fraction of sp³-hybridized carbons (Fsp3) is 0.846. The van der Waals surface area contributed by atoms with Gasteiger partial charge in [0.05, 0.1) is 12.6 Å². The quantitative estimate of drug-likeness (QED) is 0.510. The number of hydrogen-bond acceptors (Lipinski definition) is 5. The Labute approximate surface area is 119 Å². The Morgan fingerprint density at radius 2 is 2.25 bits per heavy atom. The van der Waals surface area contributed by atoms with Gasteiger partial charge in [-0.3, -0.25) is 14.5 Å². The molecule has 1 atom stereocenters. The highest BCUT2D eigenvalue weighted by Gasteiger charge is 2.29. The van der Waals surface area contributed by atoms with Crippen LogP contribution in [-0.2, 0) is 14.3 Å².